The maximum absolute atomic E-state index is 12.4. The zero-order chi connectivity index (χ0) is 19.5. The van der Waals surface area contributed by atoms with Crippen molar-refractivity contribution in [2.24, 2.45) is 0 Å². The molecule has 0 saturated heterocycles. The van der Waals surface area contributed by atoms with E-state index >= 15 is 0 Å². The lowest BCUT2D eigenvalue weighted by molar-refractivity contribution is -0.116. The van der Waals surface area contributed by atoms with Gasteiger partial charge in [0.25, 0.3) is 0 Å². The average Bonchev–Trinajstić information content (AvgIpc) is 3.19. The van der Waals surface area contributed by atoms with Crippen LogP contribution >= 0.6 is 0 Å². The summed E-state index contributed by atoms with van der Waals surface area (Å²) in [5.41, 5.74) is 3.18. The molecule has 0 unspecified atom stereocenters. The molecule has 2 aromatic carbocycles. The smallest absolute Gasteiger partial charge is 0.408 e. The number of hydrogen-bond donors (Lipinski definition) is 1. The molecule has 0 saturated carbocycles. The van der Waals surface area contributed by atoms with Gasteiger partial charge < -0.3 is 8.98 Å². The highest BCUT2D eigenvalue weighted by molar-refractivity contribution is 5.91. The topological polar surface area (TPSA) is 82.1 Å². The molecule has 28 heavy (non-hydrogen) atoms. The van der Waals surface area contributed by atoms with Gasteiger partial charge >= 0.3 is 5.76 Å². The van der Waals surface area contributed by atoms with Gasteiger partial charge in [0.1, 0.15) is 0 Å². The molecule has 0 fully saturated rings. The zero-order valence-corrected chi connectivity index (χ0v) is 15.7. The van der Waals surface area contributed by atoms with Gasteiger partial charge in [-0.2, -0.15) is 0 Å². The summed E-state index contributed by atoms with van der Waals surface area (Å²) in [7, 11) is 0. The molecule has 0 radical (unpaired) electrons. The molecule has 2 aromatic heterocycles. The van der Waals surface area contributed by atoms with Crippen LogP contribution < -0.4 is 11.1 Å². The first-order valence-electron chi connectivity index (χ1n) is 9.51. The molecule has 4 aromatic rings. The van der Waals surface area contributed by atoms with Crippen LogP contribution in [0.15, 0.2) is 57.7 Å². The average molecular weight is 378 g/mol. The highest BCUT2D eigenvalue weighted by Gasteiger charge is 2.13. The predicted molar refractivity (Wildman–Crippen MR) is 108 cm³/mol. The zero-order valence-electron chi connectivity index (χ0n) is 15.7. The van der Waals surface area contributed by atoms with Gasteiger partial charge in [0, 0.05) is 19.5 Å². The maximum atomic E-state index is 12.4. The number of nitrogens with one attached hydrogen (secondary N) is 1. The fourth-order valence-electron chi connectivity index (χ4n) is 3.43. The second-order valence-electron chi connectivity index (χ2n) is 6.71. The Kier molecular flexibility index (Phi) is 4.97. The predicted octanol–water partition coefficient (Wildman–Crippen LogP) is 3.77. The summed E-state index contributed by atoms with van der Waals surface area (Å²) in [6.07, 6.45) is 1.77. The molecular weight excluding hydrogens is 356 g/mol. The molecule has 2 heterocycles. The van der Waals surface area contributed by atoms with E-state index in [4.69, 9.17) is 4.42 Å². The van der Waals surface area contributed by atoms with Crippen LogP contribution in [0.4, 0.5) is 5.95 Å². The van der Waals surface area contributed by atoms with Gasteiger partial charge in [-0.05, 0) is 37.1 Å². The van der Waals surface area contributed by atoms with E-state index in [0.717, 1.165) is 29.5 Å². The van der Waals surface area contributed by atoms with Crippen LogP contribution in [0, 0.1) is 0 Å². The standard InChI is InChI=1S/C21H22N4O3/c1-2-13-24-16-9-4-3-8-15(16)22-20(24)23-19(26)12-7-14-25-17-10-5-6-11-18(17)28-21(25)27/h3-6,8-11H,2,7,12-14H2,1H3,(H,22,23,26). The Labute approximate surface area is 161 Å². The van der Waals surface area contributed by atoms with Crippen LogP contribution in [0.5, 0.6) is 0 Å². The number of amides is 1. The third-order valence-corrected chi connectivity index (χ3v) is 4.71. The molecule has 1 amide bonds. The Bertz CT molecular complexity index is 1190. The lowest BCUT2D eigenvalue weighted by Crippen LogP contribution is -2.18. The van der Waals surface area contributed by atoms with Gasteiger partial charge in [-0.15, -0.1) is 0 Å². The fraction of sp³-hybridized carbons (Fsp3) is 0.286. The van der Waals surface area contributed by atoms with Crippen LogP contribution in [0.25, 0.3) is 22.1 Å². The van der Waals surface area contributed by atoms with Crippen molar-refractivity contribution in [3.63, 3.8) is 0 Å². The number of anilines is 1. The van der Waals surface area contributed by atoms with Crippen LogP contribution in [0.3, 0.4) is 0 Å². The number of carbonyl (C=O) groups excluding carboxylic acids is 1. The minimum atomic E-state index is -0.397. The summed E-state index contributed by atoms with van der Waals surface area (Å²) in [5.74, 6) is 0.0545. The number of fused-ring (bicyclic) bond motifs is 2. The Morgan fingerprint density at radius 1 is 1.04 bits per heavy atom. The van der Waals surface area contributed by atoms with Crippen molar-refractivity contribution < 1.29 is 9.21 Å². The van der Waals surface area contributed by atoms with E-state index in [9.17, 15) is 9.59 Å². The number of para-hydroxylation sites is 4. The van der Waals surface area contributed by atoms with Crippen LogP contribution in [-0.2, 0) is 17.9 Å². The third-order valence-electron chi connectivity index (χ3n) is 4.71. The molecule has 7 heteroatoms. The van der Waals surface area contributed by atoms with Gasteiger partial charge in [0.05, 0.1) is 16.6 Å². The minimum absolute atomic E-state index is 0.117. The summed E-state index contributed by atoms with van der Waals surface area (Å²) >= 11 is 0. The number of hydrogen-bond acceptors (Lipinski definition) is 4. The second-order valence-corrected chi connectivity index (χ2v) is 6.71. The Hall–Kier alpha value is -3.35. The summed E-state index contributed by atoms with van der Waals surface area (Å²) in [6.45, 7) is 3.30. The summed E-state index contributed by atoms with van der Waals surface area (Å²) in [5, 5.41) is 2.92. The Balaban J connectivity index is 1.44. The van der Waals surface area contributed by atoms with Crippen molar-refractivity contribution in [1.82, 2.24) is 14.1 Å². The van der Waals surface area contributed by atoms with Crippen molar-refractivity contribution in [3.8, 4) is 0 Å². The lowest BCUT2D eigenvalue weighted by atomic mass is 10.2. The second kappa shape index (κ2) is 7.72. The number of oxazole rings is 1. The molecular formula is C21H22N4O3. The van der Waals surface area contributed by atoms with E-state index in [0.29, 0.717) is 30.9 Å². The van der Waals surface area contributed by atoms with Gasteiger partial charge in [-0.3, -0.25) is 14.7 Å². The lowest BCUT2D eigenvalue weighted by Gasteiger charge is -2.09. The van der Waals surface area contributed by atoms with Gasteiger partial charge in [-0.1, -0.05) is 31.2 Å². The molecule has 0 aliphatic carbocycles. The SMILES string of the molecule is CCCn1c(NC(=O)CCCn2c(=O)oc3ccccc32)nc2ccccc21. The number of aryl methyl sites for hydroxylation is 2. The van der Waals surface area contributed by atoms with E-state index in [-0.39, 0.29) is 5.91 Å². The number of aromatic nitrogens is 3. The first kappa shape index (κ1) is 18.0. The van der Waals surface area contributed by atoms with Crippen molar-refractivity contribution in [3.05, 3.63) is 59.1 Å². The molecule has 0 aliphatic rings. The molecule has 0 atom stereocenters. The van der Waals surface area contributed by atoms with E-state index in [1.54, 1.807) is 10.6 Å². The largest absolute Gasteiger partial charge is 0.419 e. The maximum Gasteiger partial charge on any atom is 0.419 e. The summed E-state index contributed by atoms with van der Waals surface area (Å²) in [4.78, 5) is 29.0. The van der Waals surface area contributed by atoms with Crippen molar-refractivity contribution in [2.45, 2.75) is 39.3 Å². The minimum Gasteiger partial charge on any atom is -0.408 e. The van der Waals surface area contributed by atoms with Crippen molar-refractivity contribution in [1.29, 1.82) is 0 Å². The van der Waals surface area contributed by atoms with E-state index in [1.807, 2.05) is 47.0 Å². The number of nitrogens with zero attached hydrogens (tertiary/aromatic N) is 3. The van der Waals surface area contributed by atoms with Crippen molar-refractivity contribution in [2.75, 3.05) is 5.32 Å². The number of carbonyl (C=O) groups is 1. The first-order valence-corrected chi connectivity index (χ1v) is 9.51. The molecule has 144 valence electrons. The molecule has 0 aliphatic heterocycles. The van der Waals surface area contributed by atoms with Crippen LogP contribution in [0.1, 0.15) is 26.2 Å². The first-order chi connectivity index (χ1) is 13.7. The van der Waals surface area contributed by atoms with Gasteiger partial charge in [0.2, 0.25) is 11.9 Å². The van der Waals surface area contributed by atoms with E-state index in [1.165, 1.54) is 0 Å². The summed E-state index contributed by atoms with van der Waals surface area (Å²) in [6, 6.07) is 15.1. The number of rotatable bonds is 7. The van der Waals surface area contributed by atoms with Gasteiger partial charge in [0.15, 0.2) is 5.58 Å². The molecule has 4 rings (SSSR count). The fourth-order valence-corrected chi connectivity index (χ4v) is 3.43. The molecule has 7 nitrogen and oxygen atoms in total. The van der Waals surface area contributed by atoms with E-state index < -0.39 is 5.76 Å². The number of benzene rings is 2. The normalized spacial score (nSPS) is 11.3. The van der Waals surface area contributed by atoms with Crippen LogP contribution in [-0.4, -0.2) is 20.0 Å². The third kappa shape index (κ3) is 3.43. The van der Waals surface area contributed by atoms with Crippen molar-refractivity contribution >= 4 is 34.0 Å². The van der Waals surface area contributed by atoms with E-state index in [2.05, 4.69) is 17.2 Å². The number of imidazole rings is 1. The quantitative estimate of drug-likeness (QED) is 0.531. The van der Waals surface area contributed by atoms with Crippen LogP contribution in [0.2, 0.25) is 0 Å². The molecule has 1 N–H and O–H groups in total. The summed E-state index contributed by atoms with van der Waals surface area (Å²) < 4.78 is 8.82. The van der Waals surface area contributed by atoms with Gasteiger partial charge in [-0.25, -0.2) is 9.78 Å². The monoisotopic (exact) mass is 378 g/mol. The molecule has 0 spiro atoms. The highest BCUT2D eigenvalue weighted by atomic mass is 16.4. The molecule has 0 bridgehead atoms. The highest BCUT2D eigenvalue weighted by Crippen LogP contribution is 2.20. The Morgan fingerprint density at radius 3 is 2.61 bits per heavy atom. The Morgan fingerprint density at radius 2 is 1.79 bits per heavy atom.